The van der Waals surface area contributed by atoms with Crippen LogP contribution in [-0.4, -0.2) is 6.54 Å². The standard InChI is InChI=1S/C15H19NS/c1-2-16-15(13-7-4-3-5-8-13)11-10-14-9-6-12-17-14/h3-9,12,15-16H,2,10-11H2,1H3. The number of hydrogen-bond acceptors (Lipinski definition) is 2. The summed E-state index contributed by atoms with van der Waals surface area (Å²) in [7, 11) is 0. The number of hydrogen-bond donors (Lipinski definition) is 1. The molecule has 2 aromatic rings. The van der Waals surface area contributed by atoms with Gasteiger partial charge in [0.25, 0.3) is 0 Å². The summed E-state index contributed by atoms with van der Waals surface area (Å²) in [6.45, 7) is 3.19. The fourth-order valence-electron chi connectivity index (χ4n) is 2.06. The Bertz CT molecular complexity index is 408. The van der Waals surface area contributed by atoms with Crippen molar-refractivity contribution in [1.29, 1.82) is 0 Å². The number of thiophene rings is 1. The third-order valence-corrected chi connectivity index (χ3v) is 3.85. The monoisotopic (exact) mass is 245 g/mol. The first-order valence-corrected chi connectivity index (χ1v) is 7.09. The van der Waals surface area contributed by atoms with Crippen molar-refractivity contribution in [3.05, 3.63) is 58.3 Å². The molecule has 0 aliphatic heterocycles. The molecule has 2 rings (SSSR count). The fourth-order valence-corrected chi connectivity index (χ4v) is 2.78. The molecule has 1 N–H and O–H groups in total. The van der Waals surface area contributed by atoms with Gasteiger partial charge in [0.2, 0.25) is 0 Å². The summed E-state index contributed by atoms with van der Waals surface area (Å²) in [6.07, 6.45) is 2.32. The number of rotatable bonds is 6. The van der Waals surface area contributed by atoms with Crippen LogP contribution in [0, 0.1) is 0 Å². The van der Waals surface area contributed by atoms with E-state index in [0.717, 1.165) is 13.0 Å². The van der Waals surface area contributed by atoms with Crippen molar-refractivity contribution in [1.82, 2.24) is 5.32 Å². The summed E-state index contributed by atoms with van der Waals surface area (Å²) in [6, 6.07) is 15.6. The lowest BCUT2D eigenvalue weighted by Gasteiger charge is -2.17. The van der Waals surface area contributed by atoms with E-state index < -0.39 is 0 Å². The molecule has 1 nitrogen and oxygen atoms in total. The molecule has 1 heterocycles. The average Bonchev–Trinajstić information content (AvgIpc) is 2.88. The van der Waals surface area contributed by atoms with E-state index >= 15 is 0 Å². The molecule has 1 aromatic heterocycles. The minimum atomic E-state index is 0.475. The summed E-state index contributed by atoms with van der Waals surface area (Å²) in [5.74, 6) is 0. The van der Waals surface area contributed by atoms with Crippen molar-refractivity contribution in [2.45, 2.75) is 25.8 Å². The van der Waals surface area contributed by atoms with Gasteiger partial charge in [-0.1, -0.05) is 43.3 Å². The lowest BCUT2D eigenvalue weighted by Crippen LogP contribution is -2.21. The van der Waals surface area contributed by atoms with Crippen LogP contribution in [0.3, 0.4) is 0 Å². The third-order valence-electron chi connectivity index (χ3n) is 2.91. The molecule has 0 saturated heterocycles. The number of nitrogens with one attached hydrogen (secondary N) is 1. The Labute approximate surface area is 108 Å². The van der Waals surface area contributed by atoms with Gasteiger partial charge in [-0.15, -0.1) is 11.3 Å². The lowest BCUT2D eigenvalue weighted by atomic mass is 10.0. The van der Waals surface area contributed by atoms with Crippen LogP contribution in [0.2, 0.25) is 0 Å². The maximum atomic E-state index is 3.57. The zero-order valence-electron chi connectivity index (χ0n) is 10.2. The first kappa shape index (κ1) is 12.3. The zero-order valence-corrected chi connectivity index (χ0v) is 11.0. The second-order valence-electron chi connectivity index (χ2n) is 4.14. The van der Waals surface area contributed by atoms with Gasteiger partial charge in [-0.2, -0.15) is 0 Å². The number of benzene rings is 1. The van der Waals surface area contributed by atoms with Crippen LogP contribution in [0.4, 0.5) is 0 Å². The molecule has 0 aliphatic carbocycles. The minimum Gasteiger partial charge on any atom is -0.310 e. The van der Waals surface area contributed by atoms with Gasteiger partial charge in [0, 0.05) is 10.9 Å². The van der Waals surface area contributed by atoms with Gasteiger partial charge in [-0.05, 0) is 36.4 Å². The van der Waals surface area contributed by atoms with Crippen LogP contribution >= 0.6 is 11.3 Å². The van der Waals surface area contributed by atoms with E-state index in [1.807, 2.05) is 11.3 Å². The van der Waals surface area contributed by atoms with E-state index in [1.54, 1.807) is 0 Å². The summed E-state index contributed by atoms with van der Waals surface area (Å²) in [5.41, 5.74) is 1.39. The molecule has 1 atom stereocenters. The SMILES string of the molecule is CCNC(CCc1cccs1)c1ccccc1. The van der Waals surface area contributed by atoms with Crippen molar-refractivity contribution >= 4 is 11.3 Å². The van der Waals surface area contributed by atoms with Gasteiger partial charge in [-0.25, -0.2) is 0 Å². The van der Waals surface area contributed by atoms with Crippen molar-refractivity contribution < 1.29 is 0 Å². The van der Waals surface area contributed by atoms with E-state index in [1.165, 1.54) is 16.9 Å². The van der Waals surface area contributed by atoms with Crippen LogP contribution in [0.15, 0.2) is 47.8 Å². The van der Waals surface area contributed by atoms with Crippen LogP contribution < -0.4 is 5.32 Å². The molecule has 1 aromatic carbocycles. The Morgan fingerprint density at radius 3 is 2.59 bits per heavy atom. The maximum Gasteiger partial charge on any atom is 0.0323 e. The van der Waals surface area contributed by atoms with Crippen molar-refractivity contribution in [2.24, 2.45) is 0 Å². The molecule has 0 aliphatic rings. The Morgan fingerprint density at radius 2 is 1.94 bits per heavy atom. The Kier molecular flexibility index (Phi) is 4.77. The molecule has 0 amide bonds. The first-order valence-electron chi connectivity index (χ1n) is 6.21. The fraction of sp³-hybridized carbons (Fsp3) is 0.333. The van der Waals surface area contributed by atoms with Gasteiger partial charge >= 0.3 is 0 Å². The summed E-state index contributed by atoms with van der Waals surface area (Å²) in [5, 5.41) is 5.72. The predicted molar refractivity (Wildman–Crippen MR) is 75.5 cm³/mol. The Balaban J connectivity index is 1.98. The molecule has 90 valence electrons. The molecular formula is C15H19NS. The van der Waals surface area contributed by atoms with E-state index in [-0.39, 0.29) is 0 Å². The topological polar surface area (TPSA) is 12.0 Å². The van der Waals surface area contributed by atoms with Gasteiger partial charge in [0.1, 0.15) is 0 Å². The Morgan fingerprint density at radius 1 is 1.12 bits per heavy atom. The zero-order chi connectivity index (χ0) is 11.9. The molecule has 0 radical (unpaired) electrons. The molecule has 2 heteroatoms. The van der Waals surface area contributed by atoms with Crippen LogP contribution in [0.1, 0.15) is 29.8 Å². The first-order chi connectivity index (χ1) is 8.40. The quantitative estimate of drug-likeness (QED) is 0.810. The van der Waals surface area contributed by atoms with Gasteiger partial charge in [0.15, 0.2) is 0 Å². The van der Waals surface area contributed by atoms with E-state index in [0.29, 0.717) is 6.04 Å². The van der Waals surface area contributed by atoms with Gasteiger partial charge in [-0.3, -0.25) is 0 Å². The van der Waals surface area contributed by atoms with Crippen LogP contribution in [0.5, 0.6) is 0 Å². The lowest BCUT2D eigenvalue weighted by molar-refractivity contribution is 0.517. The number of aryl methyl sites for hydroxylation is 1. The van der Waals surface area contributed by atoms with E-state index in [4.69, 9.17) is 0 Å². The average molecular weight is 245 g/mol. The highest BCUT2D eigenvalue weighted by Crippen LogP contribution is 2.20. The second kappa shape index (κ2) is 6.58. The normalized spacial score (nSPS) is 12.5. The molecular weight excluding hydrogens is 226 g/mol. The highest BCUT2D eigenvalue weighted by molar-refractivity contribution is 7.09. The summed E-state index contributed by atoms with van der Waals surface area (Å²) < 4.78 is 0. The van der Waals surface area contributed by atoms with Crippen molar-refractivity contribution in [3.63, 3.8) is 0 Å². The predicted octanol–water partition coefficient (Wildman–Crippen LogP) is 4.03. The highest BCUT2D eigenvalue weighted by Gasteiger charge is 2.09. The van der Waals surface area contributed by atoms with Gasteiger partial charge in [0.05, 0.1) is 0 Å². The minimum absolute atomic E-state index is 0.475. The maximum absolute atomic E-state index is 3.57. The van der Waals surface area contributed by atoms with Crippen LogP contribution in [-0.2, 0) is 6.42 Å². The second-order valence-corrected chi connectivity index (χ2v) is 5.17. The Hall–Kier alpha value is -1.12. The van der Waals surface area contributed by atoms with E-state index in [2.05, 4.69) is 60.1 Å². The van der Waals surface area contributed by atoms with Crippen molar-refractivity contribution in [3.8, 4) is 0 Å². The van der Waals surface area contributed by atoms with Gasteiger partial charge < -0.3 is 5.32 Å². The largest absolute Gasteiger partial charge is 0.310 e. The molecule has 0 saturated carbocycles. The molecule has 1 unspecified atom stereocenters. The summed E-state index contributed by atoms with van der Waals surface area (Å²) in [4.78, 5) is 1.48. The molecule has 0 spiro atoms. The molecule has 0 fully saturated rings. The summed E-state index contributed by atoms with van der Waals surface area (Å²) >= 11 is 1.85. The van der Waals surface area contributed by atoms with E-state index in [9.17, 15) is 0 Å². The third kappa shape index (κ3) is 3.69. The highest BCUT2D eigenvalue weighted by atomic mass is 32.1. The molecule has 0 bridgehead atoms. The smallest absolute Gasteiger partial charge is 0.0323 e. The van der Waals surface area contributed by atoms with Crippen LogP contribution in [0.25, 0.3) is 0 Å². The molecule has 17 heavy (non-hydrogen) atoms. The van der Waals surface area contributed by atoms with Crippen molar-refractivity contribution in [2.75, 3.05) is 6.54 Å².